The second kappa shape index (κ2) is 6.00. The minimum absolute atomic E-state index is 0.193. The third-order valence-corrected chi connectivity index (χ3v) is 5.08. The van der Waals surface area contributed by atoms with Crippen molar-refractivity contribution < 1.29 is 9.53 Å². The number of aryl methyl sites for hydroxylation is 1. The maximum atomic E-state index is 11.9. The lowest BCUT2D eigenvalue weighted by Crippen LogP contribution is -2.29. The smallest absolute Gasteiger partial charge is 0.339 e. The molecule has 1 aliphatic rings. The number of carbonyl (C=O) groups excluding carboxylic acids is 1. The van der Waals surface area contributed by atoms with Crippen molar-refractivity contribution in [2.45, 2.75) is 26.4 Å². The van der Waals surface area contributed by atoms with Gasteiger partial charge in [0.25, 0.3) is 0 Å². The SMILES string of the molecule is COC(=O)c1c(C)sc2c1CCN(Cc1ccccc1)C2. The molecule has 0 fully saturated rings. The van der Waals surface area contributed by atoms with Crippen molar-refractivity contribution in [1.29, 1.82) is 0 Å². The number of thiophene rings is 1. The summed E-state index contributed by atoms with van der Waals surface area (Å²) in [7, 11) is 1.45. The molecule has 1 aliphatic heterocycles. The third-order valence-electron chi connectivity index (χ3n) is 3.95. The molecule has 0 aliphatic carbocycles. The third kappa shape index (κ3) is 2.87. The van der Waals surface area contributed by atoms with Gasteiger partial charge in [0.2, 0.25) is 0 Å². The number of methoxy groups -OCH3 is 1. The summed E-state index contributed by atoms with van der Waals surface area (Å²) in [4.78, 5) is 16.7. The predicted molar refractivity (Wildman–Crippen MR) is 84.7 cm³/mol. The fraction of sp³-hybridized carbons (Fsp3) is 0.353. The van der Waals surface area contributed by atoms with Crippen molar-refractivity contribution in [1.82, 2.24) is 4.90 Å². The standard InChI is InChI=1S/C17H19NO2S/c1-12-16(17(19)20-2)14-8-9-18(11-15(14)21-12)10-13-6-4-3-5-7-13/h3-7H,8-11H2,1-2H3. The fourth-order valence-corrected chi connectivity index (χ4v) is 4.19. The van der Waals surface area contributed by atoms with Crippen LogP contribution in [0, 0.1) is 6.92 Å². The molecule has 0 spiro atoms. The van der Waals surface area contributed by atoms with Gasteiger partial charge in [0.15, 0.2) is 0 Å². The Bertz CT molecular complexity index is 648. The first-order valence-electron chi connectivity index (χ1n) is 7.14. The van der Waals surface area contributed by atoms with E-state index in [1.165, 1.54) is 23.1 Å². The minimum Gasteiger partial charge on any atom is -0.465 e. The first kappa shape index (κ1) is 14.3. The van der Waals surface area contributed by atoms with E-state index in [-0.39, 0.29) is 5.97 Å². The number of nitrogens with zero attached hydrogens (tertiary/aromatic N) is 1. The van der Waals surface area contributed by atoms with E-state index in [1.807, 2.05) is 13.0 Å². The number of esters is 1. The van der Waals surface area contributed by atoms with Crippen LogP contribution in [0.5, 0.6) is 0 Å². The summed E-state index contributed by atoms with van der Waals surface area (Å²) in [6, 6.07) is 10.5. The van der Waals surface area contributed by atoms with Crippen molar-refractivity contribution in [3.8, 4) is 0 Å². The molecule has 0 atom stereocenters. The monoisotopic (exact) mass is 301 g/mol. The van der Waals surface area contributed by atoms with Gasteiger partial charge < -0.3 is 4.74 Å². The summed E-state index contributed by atoms with van der Waals surface area (Å²) in [6.45, 7) is 4.89. The van der Waals surface area contributed by atoms with Crippen LogP contribution in [0.3, 0.4) is 0 Å². The highest BCUT2D eigenvalue weighted by molar-refractivity contribution is 7.12. The molecule has 1 aromatic heterocycles. The zero-order valence-corrected chi connectivity index (χ0v) is 13.2. The van der Waals surface area contributed by atoms with E-state index in [1.54, 1.807) is 11.3 Å². The van der Waals surface area contributed by atoms with Crippen LogP contribution in [0.4, 0.5) is 0 Å². The largest absolute Gasteiger partial charge is 0.465 e. The lowest BCUT2D eigenvalue weighted by atomic mass is 10.0. The van der Waals surface area contributed by atoms with Crippen LogP contribution in [-0.4, -0.2) is 24.5 Å². The number of hydrogen-bond acceptors (Lipinski definition) is 4. The van der Waals surface area contributed by atoms with Crippen LogP contribution < -0.4 is 0 Å². The van der Waals surface area contributed by atoms with Gasteiger partial charge in [0, 0.05) is 29.4 Å². The van der Waals surface area contributed by atoms with Crippen molar-refractivity contribution in [3.63, 3.8) is 0 Å². The van der Waals surface area contributed by atoms with E-state index in [9.17, 15) is 4.79 Å². The van der Waals surface area contributed by atoms with Gasteiger partial charge in [-0.3, -0.25) is 4.90 Å². The van der Waals surface area contributed by atoms with Crippen molar-refractivity contribution >= 4 is 17.3 Å². The Labute approximate surface area is 129 Å². The number of benzene rings is 1. The average molecular weight is 301 g/mol. The molecule has 0 radical (unpaired) electrons. The van der Waals surface area contributed by atoms with Gasteiger partial charge in [-0.05, 0) is 24.5 Å². The first-order valence-corrected chi connectivity index (χ1v) is 7.96. The Balaban J connectivity index is 1.79. The molecule has 21 heavy (non-hydrogen) atoms. The quantitative estimate of drug-likeness (QED) is 0.814. The molecule has 110 valence electrons. The van der Waals surface area contributed by atoms with Gasteiger partial charge in [-0.2, -0.15) is 0 Å². The molecule has 0 bridgehead atoms. The summed E-state index contributed by atoms with van der Waals surface area (Å²) < 4.78 is 4.92. The van der Waals surface area contributed by atoms with E-state index >= 15 is 0 Å². The Kier molecular flexibility index (Phi) is 4.08. The molecular weight excluding hydrogens is 282 g/mol. The maximum Gasteiger partial charge on any atom is 0.339 e. The molecule has 2 heterocycles. The van der Waals surface area contributed by atoms with Crippen molar-refractivity contribution in [2.24, 2.45) is 0 Å². The van der Waals surface area contributed by atoms with Gasteiger partial charge in [-0.15, -0.1) is 11.3 Å². The van der Waals surface area contributed by atoms with Crippen LogP contribution in [0.1, 0.15) is 31.2 Å². The molecule has 0 saturated heterocycles. The lowest BCUT2D eigenvalue weighted by Gasteiger charge is -2.27. The molecular formula is C17H19NO2S. The number of fused-ring (bicyclic) bond motifs is 1. The molecule has 0 N–H and O–H groups in total. The second-order valence-corrected chi connectivity index (χ2v) is 6.68. The van der Waals surface area contributed by atoms with Crippen molar-refractivity contribution in [3.05, 3.63) is 56.8 Å². The van der Waals surface area contributed by atoms with Crippen molar-refractivity contribution in [2.75, 3.05) is 13.7 Å². The molecule has 1 aromatic carbocycles. The fourth-order valence-electron chi connectivity index (χ4n) is 2.94. The number of rotatable bonds is 3. The van der Waals surface area contributed by atoms with Crippen LogP contribution >= 0.6 is 11.3 Å². The summed E-state index contributed by atoms with van der Waals surface area (Å²) in [5.74, 6) is -0.193. The number of ether oxygens (including phenoxy) is 1. The van der Waals surface area contributed by atoms with Crippen LogP contribution in [0.15, 0.2) is 30.3 Å². The molecule has 0 unspecified atom stereocenters. The van der Waals surface area contributed by atoms with Gasteiger partial charge in [0.1, 0.15) is 0 Å². The van der Waals surface area contributed by atoms with Crippen LogP contribution in [-0.2, 0) is 24.2 Å². The molecule has 0 amide bonds. The lowest BCUT2D eigenvalue weighted by molar-refractivity contribution is 0.0598. The zero-order valence-electron chi connectivity index (χ0n) is 12.4. The van der Waals surface area contributed by atoms with E-state index in [0.29, 0.717) is 0 Å². The Morgan fingerprint density at radius 3 is 2.81 bits per heavy atom. The van der Waals surface area contributed by atoms with Crippen LogP contribution in [0.2, 0.25) is 0 Å². The van der Waals surface area contributed by atoms with Gasteiger partial charge in [-0.1, -0.05) is 30.3 Å². The van der Waals surface area contributed by atoms with Gasteiger partial charge in [0.05, 0.1) is 12.7 Å². The average Bonchev–Trinajstić information content (AvgIpc) is 2.82. The van der Waals surface area contributed by atoms with E-state index < -0.39 is 0 Å². The Hall–Kier alpha value is -1.65. The van der Waals surface area contributed by atoms with Crippen LogP contribution in [0.25, 0.3) is 0 Å². The van der Waals surface area contributed by atoms with E-state index in [0.717, 1.165) is 36.5 Å². The van der Waals surface area contributed by atoms with E-state index in [4.69, 9.17) is 4.74 Å². The van der Waals surface area contributed by atoms with Gasteiger partial charge in [-0.25, -0.2) is 4.79 Å². The Morgan fingerprint density at radius 2 is 2.10 bits per heavy atom. The Morgan fingerprint density at radius 1 is 1.33 bits per heavy atom. The number of hydrogen-bond donors (Lipinski definition) is 0. The molecule has 3 nitrogen and oxygen atoms in total. The van der Waals surface area contributed by atoms with Gasteiger partial charge >= 0.3 is 5.97 Å². The summed E-state index contributed by atoms with van der Waals surface area (Å²) in [5.41, 5.74) is 3.34. The highest BCUT2D eigenvalue weighted by Gasteiger charge is 2.26. The summed E-state index contributed by atoms with van der Waals surface area (Å²) >= 11 is 1.73. The molecule has 3 rings (SSSR count). The second-order valence-electron chi connectivity index (χ2n) is 5.37. The summed E-state index contributed by atoms with van der Waals surface area (Å²) in [6.07, 6.45) is 0.928. The highest BCUT2D eigenvalue weighted by atomic mass is 32.1. The van der Waals surface area contributed by atoms with E-state index in [2.05, 4.69) is 29.2 Å². The molecule has 4 heteroatoms. The first-order chi connectivity index (χ1) is 10.2. The molecule has 2 aromatic rings. The molecule has 0 saturated carbocycles. The summed E-state index contributed by atoms with van der Waals surface area (Å²) in [5, 5.41) is 0. The topological polar surface area (TPSA) is 29.5 Å². The normalized spacial score (nSPS) is 14.8. The highest BCUT2D eigenvalue weighted by Crippen LogP contribution is 2.33. The minimum atomic E-state index is -0.193. The maximum absolute atomic E-state index is 11.9. The zero-order chi connectivity index (χ0) is 14.8. The number of carbonyl (C=O) groups is 1. The predicted octanol–water partition coefficient (Wildman–Crippen LogP) is 3.40.